The Morgan fingerprint density at radius 1 is 0.846 bits per heavy atom. The van der Waals surface area contributed by atoms with Crippen LogP contribution in [0, 0.1) is 5.92 Å². The van der Waals surface area contributed by atoms with Crippen molar-refractivity contribution < 1.29 is 23.9 Å². The normalized spacial score (nSPS) is 16.0. The zero-order valence-corrected chi connectivity index (χ0v) is 23.0. The van der Waals surface area contributed by atoms with Gasteiger partial charge in [-0.25, -0.2) is 4.79 Å². The van der Waals surface area contributed by atoms with E-state index in [0.29, 0.717) is 25.8 Å². The molecule has 1 aliphatic rings. The van der Waals surface area contributed by atoms with Crippen LogP contribution in [0.4, 0.5) is 0 Å². The molecule has 1 fully saturated rings. The van der Waals surface area contributed by atoms with Gasteiger partial charge in [0, 0.05) is 6.54 Å². The van der Waals surface area contributed by atoms with Gasteiger partial charge in [-0.15, -0.1) is 0 Å². The molecule has 0 radical (unpaired) electrons. The summed E-state index contributed by atoms with van der Waals surface area (Å²) in [5.74, 6) is -1.70. The lowest BCUT2D eigenvalue weighted by Gasteiger charge is -2.28. The van der Waals surface area contributed by atoms with Gasteiger partial charge in [0.05, 0.1) is 12.3 Å². The molecule has 204 valence electrons. The minimum absolute atomic E-state index is 0.0567. The van der Waals surface area contributed by atoms with Gasteiger partial charge in [-0.2, -0.15) is 0 Å². The topological polar surface area (TPSA) is 72.9 Å². The van der Waals surface area contributed by atoms with E-state index in [-0.39, 0.29) is 18.9 Å². The van der Waals surface area contributed by atoms with Crippen molar-refractivity contribution in [1.82, 2.24) is 4.90 Å². The van der Waals surface area contributed by atoms with E-state index in [1.807, 2.05) is 106 Å². The minimum Gasteiger partial charge on any atom is -0.460 e. The molecule has 1 saturated heterocycles. The first-order valence-corrected chi connectivity index (χ1v) is 13.6. The first-order valence-electron chi connectivity index (χ1n) is 13.6. The summed E-state index contributed by atoms with van der Waals surface area (Å²) in [7, 11) is 0. The number of likely N-dealkylation sites (tertiary alicyclic amines) is 1. The SMILES string of the molecule is CC(C)(C)OC(=O)C[C@@H](Cc1ccc(-c2ccccc2)cc1)C(=O)N1CCC[C@@H]1C(=O)OCc1ccccc1. The van der Waals surface area contributed by atoms with Crippen LogP contribution in [0.5, 0.6) is 0 Å². The molecule has 6 heteroatoms. The summed E-state index contributed by atoms with van der Waals surface area (Å²) in [5.41, 5.74) is 3.37. The number of nitrogens with zero attached hydrogens (tertiary/aromatic N) is 1. The molecule has 2 atom stereocenters. The quantitative estimate of drug-likeness (QED) is 0.320. The van der Waals surface area contributed by atoms with Crippen LogP contribution in [0.25, 0.3) is 11.1 Å². The van der Waals surface area contributed by atoms with Crippen LogP contribution >= 0.6 is 0 Å². The Morgan fingerprint density at radius 2 is 1.46 bits per heavy atom. The molecular weight excluding hydrogens is 490 g/mol. The lowest BCUT2D eigenvalue weighted by molar-refractivity contribution is -0.160. The maximum absolute atomic E-state index is 13.8. The average molecular weight is 528 g/mol. The van der Waals surface area contributed by atoms with Gasteiger partial charge in [0.2, 0.25) is 5.91 Å². The third-order valence-corrected chi connectivity index (χ3v) is 6.76. The first kappa shape index (κ1) is 28.1. The van der Waals surface area contributed by atoms with E-state index in [1.165, 1.54) is 0 Å². The minimum atomic E-state index is -0.653. The highest BCUT2D eigenvalue weighted by molar-refractivity contribution is 5.89. The summed E-state index contributed by atoms with van der Waals surface area (Å²) >= 11 is 0. The fourth-order valence-corrected chi connectivity index (χ4v) is 4.91. The highest BCUT2D eigenvalue weighted by Crippen LogP contribution is 2.27. The summed E-state index contributed by atoms with van der Waals surface area (Å²) in [6.07, 6.45) is 1.57. The molecule has 0 bridgehead atoms. The highest BCUT2D eigenvalue weighted by atomic mass is 16.6. The predicted octanol–water partition coefficient (Wildman–Crippen LogP) is 5.98. The van der Waals surface area contributed by atoms with Crippen LogP contribution in [0.15, 0.2) is 84.9 Å². The molecule has 3 aromatic rings. The van der Waals surface area contributed by atoms with Crippen molar-refractivity contribution in [2.45, 2.75) is 64.7 Å². The summed E-state index contributed by atoms with van der Waals surface area (Å²) < 4.78 is 11.1. The molecule has 39 heavy (non-hydrogen) atoms. The largest absolute Gasteiger partial charge is 0.460 e. The molecule has 0 unspecified atom stereocenters. The number of hydrogen-bond donors (Lipinski definition) is 0. The number of carbonyl (C=O) groups excluding carboxylic acids is 3. The number of benzene rings is 3. The molecule has 1 amide bonds. The van der Waals surface area contributed by atoms with Crippen LogP contribution in [-0.2, 0) is 36.9 Å². The van der Waals surface area contributed by atoms with E-state index in [1.54, 1.807) is 4.90 Å². The summed E-state index contributed by atoms with van der Waals surface area (Å²) in [6, 6.07) is 26.9. The van der Waals surface area contributed by atoms with Gasteiger partial charge in [0.25, 0.3) is 0 Å². The fraction of sp³-hybridized carbons (Fsp3) is 0.364. The number of rotatable bonds is 9. The molecule has 3 aromatic carbocycles. The molecule has 0 N–H and O–H groups in total. The van der Waals surface area contributed by atoms with E-state index in [4.69, 9.17) is 9.47 Å². The number of esters is 2. The summed E-state index contributed by atoms with van der Waals surface area (Å²) in [6.45, 7) is 6.05. The van der Waals surface area contributed by atoms with Gasteiger partial charge in [0.15, 0.2) is 0 Å². The number of hydrogen-bond acceptors (Lipinski definition) is 5. The van der Waals surface area contributed by atoms with Crippen LogP contribution in [0.1, 0.15) is 51.2 Å². The zero-order chi connectivity index (χ0) is 27.8. The molecule has 0 aliphatic carbocycles. The lowest BCUT2D eigenvalue weighted by Crippen LogP contribution is -2.45. The van der Waals surface area contributed by atoms with Gasteiger partial charge < -0.3 is 14.4 Å². The van der Waals surface area contributed by atoms with Crippen molar-refractivity contribution in [3.8, 4) is 11.1 Å². The van der Waals surface area contributed by atoms with Gasteiger partial charge in [-0.1, -0.05) is 84.9 Å². The van der Waals surface area contributed by atoms with Gasteiger partial charge in [0.1, 0.15) is 18.2 Å². The van der Waals surface area contributed by atoms with E-state index in [9.17, 15) is 14.4 Å². The van der Waals surface area contributed by atoms with E-state index in [0.717, 1.165) is 22.3 Å². The number of amides is 1. The molecule has 0 aromatic heterocycles. The first-order chi connectivity index (χ1) is 18.7. The van der Waals surface area contributed by atoms with Crippen molar-refractivity contribution in [3.63, 3.8) is 0 Å². The fourth-order valence-electron chi connectivity index (χ4n) is 4.91. The molecule has 4 rings (SSSR count). The Morgan fingerprint density at radius 3 is 2.10 bits per heavy atom. The van der Waals surface area contributed by atoms with Crippen LogP contribution in [-0.4, -0.2) is 40.9 Å². The van der Waals surface area contributed by atoms with Crippen molar-refractivity contribution in [3.05, 3.63) is 96.1 Å². The third kappa shape index (κ3) is 8.03. The second-order valence-electron chi connectivity index (χ2n) is 11.0. The van der Waals surface area contributed by atoms with Crippen LogP contribution in [0.3, 0.4) is 0 Å². The van der Waals surface area contributed by atoms with Crippen LogP contribution in [0.2, 0.25) is 0 Å². The Labute approximate surface area is 230 Å². The molecular formula is C33H37NO5. The van der Waals surface area contributed by atoms with Crippen molar-refractivity contribution in [1.29, 1.82) is 0 Å². The molecule has 0 saturated carbocycles. The number of ether oxygens (including phenoxy) is 2. The average Bonchev–Trinajstić information content (AvgIpc) is 3.42. The smallest absolute Gasteiger partial charge is 0.329 e. The zero-order valence-electron chi connectivity index (χ0n) is 23.0. The second-order valence-corrected chi connectivity index (χ2v) is 11.0. The van der Waals surface area contributed by atoms with E-state index >= 15 is 0 Å². The molecule has 1 aliphatic heterocycles. The van der Waals surface area contributed by atoms with Crippen molar-refractivity contribution in [2.75, 3.05) is 6.54 Å². The molecule has 1 heterocycles. The number of carbonyl (C=O) groups is 3. The maximum Gasteiger partial charge on any atom is 0.329 e. The highest BCUT2D eigenvalue weighted by Gasteiger charge is 2.39. The monoisotopic (exact) mass is 527 g/mol. The Kier molecular flexibility index (Phi) is 9.18. The Balaban J connectivity index is 1.48. The maximum atomic E-state index is 13.8. The Bertz CT molecular complexity index is 1250. The van der Waals surface area contributed by atoms with Gasteiger partial charge in [-0.05, 0) is 62.3 Å². The second kappa shape index (κ2) is 12.7. The van der Waals surface area contributed by atoms with Gasteiger partial charge in [-0.3, -0.25) is 9.59 Å². The van der Waals surface area contributed by atoms with E-state index < -0.39 is 29.5 Å². The summed E-state index contributed by atoms with van der Waals surface area (Å²) in [4.78, 5) is 41.2. The van der Waals surface area contributed by atoms with Crippen molar-refractivity contribution in [2.24, 2.45) is 5.92 Å². The van der Waals surface area contributed by atoms with Gasteiger partial charge >= 0.3 is 11.9 Å². The lowest BCUT2D eigenvalue weighted by atomic mass is 9.93. The van der Waals surface area contributed by atoms with E-state index in [2.05, 4.69) is 0 Å². The predicted molar refractivity (Wildman–Crippen MR) is 151 cm³/mol. The molecule has 6 nitrogen and oxygen atoms in total. The molecule has 0 spiro atoms. The van der Waals surface area contributed by atoms with Crippen LogP contribution < -0.4 is 0 Å². The Hall–Kier alpha value is -3.93. The summed E-state index contributed by atoms with van der Waals surface area (Å²) in [5, 5.41) is 0. The van der Waals surface area contributed by atoms with Crippen molar-refractivity contribution >= 4 is 17.8 Å². The third-order valence-electron chi connectivity index (χ3n) is 6.76. The standard InChI is InChI=1S/C33H37NO5/c1-33(2,3)39-30(35)22-28(21-24-16-18-27(19-17-24)26-13-8-5-9-14-26)31(36)34-20-10-15-29(34)32(37)38-23-25-11-6-4-7-12-25/h4-9,11-14,16-19,28-29H,10,15,20-23H2,1-3H3/t28-,29-/m1/s1.